The highest BCUT2D eigenvalue weighted by atomic mass is 35.5. The molecule has 0 aromatic heterocycles. The topological polar surface area (TPSA) is 83.5 Å². The van der Waals surface area contributed by atoms with Gasteiger partial charge in [-0.3, -0.25) is 4.79 Å². The Kier molecular flexibility index (Phi) is 4.64. The van der Waals surface area contributed by atoms with E-state index in [0.717, 1.165) is 0 Å². The molecular weight excluding hydrogens is 158 g/mol. The molecule has 4 nitrogen and oxygen atoms in total. The normalized spacial score (nSPS) is 18.4. The van der Waals surface area contributed by atoms with Crippen molar-refractivity contribution in [1.82, 2.24) is 0 Å². The second kappa shape index (κ2) is 3.75. The van der Waals surface area contributed by atoms with Gasteiger partial charge in [-0.15, -0.1) is 12.4 Å². The molecule has 0 rings (SSSR count). The number of hydrogen-bond acceptors (Lipinski definition) is 3. The molecule has 0 aromatic rings. The van der Waals surface area contributed by atoms with Crippen LogP contribution in [0.3, 0.4) is 0 Å². The number of carbonyl (C=O) groups is 1. The van der Waals surface area contributed by atoms with Crippen LogP contribution in [0.1, 0.15) is 13.8 Å². The molecule has 5 heteroatoms. The fraction of sp³-hybridized carbons (Fsp3) is 0.800. The minimum atomic E-state index is -1.53. The highest BCUT2D eigenvalue weighted by Crippen LogP contribution is 2.04. The van der Waals surface area contributed by atoms with Crippen LogP contribution in [0.25, 0.3) is 0 Å². The number of hydrogen-bond donors (Lipinski definition) is 3. The van der Waals surface area contributed by atoms with Gasteiger partial charge in [0.25, 0.3) is 0 Å². The summed E-state index contributed by atoms with van der Waals surface area (Å²) in [5.74, 6) is -1.20. The molecule has 0 bridgehead atoms. The van der Waals surface area contributed by atoms with Crippen LogP contribution in [-0.4, -0.2) is 27.8 Å². The molecule has 4 N–H and O–H groups in total. The minimum Gasteiger partial charge on any atom is -0.480 e. The molecule has 0 radical (unpaired) electrons. The smallest absolute Gasteiger partial charge is 0.326 e. The average molecular weight is 170 g/mol. The summed E-state index contributed by atoms with van der Waals surface area (Å²) in [7, 11) is 0. The monoisotopic (exact) mass is 169 g/mol. The molecule has 0 saturated heterocycles. The van der Waals surface area contributed by atoms with Crippen LogP contribution in [0, 0.1) is 0 Å². The maximum absolute atomic E-state index is 10.2. The zero-order valence-corrected chi connectivity index (χ0v) is 6.68. The summed E-state index contributed by atoms with van der Waals surface area (Å²) in [6.07, 6.45) is -1.03. The number of nitrogens with two attached hydrogens (primary N) is 1. The molecule has 0 spiro atoms. The molecule has 0 amide bonds. The van der Waals surface area contributed by atoms with Crippen molar-refractivity contribution < 1.29 is 15.0 Å². The van der Waals surface area contributed by atoms with Crippen molar-refractivity contribution in [3.63, 3.8) is 0 Å². The van der Waals surface area contributed by atoms with Gasteiger partial charge in [-0.25, -0.2) is 0 Å². The maximum Gasteiger partial charge on any atom is 0.326 e. The number of aliphatic carboxylic acids is 1. The van der Waals surface area contributed by atoms with Crippen LogP contribution < -0.4 is 5.73 Å². The molecule has 0 aliphatic rings. The largest absolute Gasteiger partial charge is 0.480 e. The Hall–Kier alpha value is -0.320. The third-order valence-corrected chi connectivity index (χ3v) is 1.33. The van der Waals surface area contributed by atoms with E-state index in [1.54, 1.807) is 0 Å². The second-order valence-electron chi connectivity index (χ2n) is 2.26. The van der Waals surface area contributed by atoms with Crippen LogP contribution in [0.15, 0.2) is 0 Å². The Morgan fingerprint density at radius 2 is 2.00 bits per heavy atom. The molecule has 0 aliphatic heterocycles. The molecule has 10 heavy (non-hydrogen) atoms. The number of aliphatic hydroxyl groups excluding tert-OH is 1. The van der Waals surface area contributed by atoms with Gasteiger partial charge in [0, 0.05) is 0 Å². The van der Waals surface area contributed by atoms with E-state index in [1.165, 1.54) is 13.8 Å². The lowest BCUT2D eigenvalue weighted by Crippen LogP contribution is -2.53. The van der Waals surface area contributed by atoms with E-state index >= 15 is 0 Å². The lowest BCUT2D eigenvalue weighted by atomic mass is 9.98. The van der Waals surface area contributed by atoms with Crippen molar-refractivity contribution >= 4 is 18.4 Å². The maximum atomic E-state index is 10.2. The van der Waals surface area contributed by atoms with Gasteiger partial charge in [-0.1, -0.05) is 0 Å². The summed E-state index contributed by atoms with van der Waals surface area (Å²) in [6.45, 7) is 2.61. The van der Waals surface area contributed by atoms with Gasteiger partial charge >= 0.3 is 5.97 Å². The lowest BCUT2D eigenvalue weighted by molar-refractivity contribution is -0.146. The summed E-state index contributed by atoms with van der Waals surface area (Å²) in [5.41, 5.74) is 3.62. The zero-order chi connectivity index (χ0) is 7.65. The van der Waals surface area contributed by atoms with Crippen molar-refractivity contribution in [2.45, 2.75) is 25.5 Å². The van der Waals surface area contributed by atoms with Crippen LogP contribution >= 0.6 is 12.4 Å². The zero-order valence-electron chi connectivity index (χ0n) is 5.87. The summed E-state index contributed by atoms with van der Waals surface area (Å²) in [6, 6.07) is 0. The highest BCUT2D eigenvalue weighted by molar-refractivity contribution is 5.85. The Labute approximate surface area is 65.4 Å². The minimum absolute atomic E-state index is 0. The number of carboxylic acids is 1. The first kappa shape index (κ1) is 12.4. The lowest BCUT2D eigenvalue weighted by Gasteiger charge is -2.21. The van der Waals surface area contributed by atoms with E-state index in [0.29, 0.717) is 0 Å². The third kappa shape index (κ3) is 2.51. The van der Waals surface area contributed by atoms with Crippen molar-refractivity contribution in [3.8, 4) is 0 Å². The Morgan fingerprint density at radius 1 is 1.70 bits per heavy atom. The Balaban J connectivity index is 0. The van der Waals surface area contributed by atoms with E-state index in [9.17, 15) is 4.79 Å². The van der Waals surface area contributed by atoms with Gasteiger partial charge < -0.3 is 15.9 Å². The van der Waals surface area contributed by atoms with E-state index in [2.05, 4.69) is 0 Å². The molecule has 0 aromatic carbocycles. The molecular formula is C5H12ClNO3. The molecule has 0 saturated carbocycles. The molecule has 62 valence electrons. The van der Waals surface area contributed by atoms with E-state index in [4.69, 9.17) is 15.9 Å². The number of carboxylic acid groups (broad SMARTS) is 1. The molecule has 2 atom stereocenters. The standard InChI is InChI=1S/C5H11NO3.ClH/c1-3(7)5(2,6)4(8)9;/h3,7H,6H2,1-2H3,(H,8,9);1H/t3-,5+;/m1./s1. The fourth-order valence-electron chi connectivity index (χ4n) is 0.179. The summed E-state index contributed by atoms with van der Waals surface area (Å²) in [5, 5.41) is 17.1. The van der Waals surface area contributed by atoms with E-state index < -0.39 is 17.6 Å². The highest BCUT2D eigenvalue weighted by Gasteiger charge is 2.33. The first-order valence-corrected chi connectivity index (χ1v) is 2.59. The first-order chi connectivity index (χ1) is 3.89. The van der Waals surface area contributed by atoms with Gasteiger partial charge in [0.1, 0.15) is 5.54 Å². The molecule has 0 fully saturated rings. The van der Waals surface area contributed by atoms with Gasteiger partial charge in [-0.05, 0) is 13.8 Å². The SMILES string of the molecule is C[C@@H](O)[C@](C)(N)C(=O)O.Cl. The van der Waals surface area contributed by atoms with Crippen LogP contribution in [0.4, 0.5) is 0 Å². The van der Waals surface area contributed by atoms with Gasteiger partial charge in [-0.2, -0.15) is 0 Å². The van der Waals surface area contributed by atoms with E-state index in [1.807, 2.05) is 0 Å². The first-order valence-electron chi connectivity index (χ1n) is 2.59. The van der Waals surface area contributed by atoms with Gasteiger partial charge in [0.05, 0.1) is 6.10 Å². The van der Waals surface area contributed by atoms with Crippen LogP contribution in [0.5, 0.6) is 0 Å². The number of rotatable bonds is 2. The average Bonchev–Trinajstić information content (AvgIpc) is 1.65. The molecule has 0 heterocycles. The molecule has 0 unspecified atom stereocenters. The van der Waals surface area contributed by atoms with Crippen LogP contribution in [-0.2, 0) is 4.79 Å². The third-order valence-electron chi connectivity index (χ3n) is 1.33. The van der Waals surface area contributed by atoms with E-state index in [-0.39, 0.29) is 12.4 Å². The fourth-order valence-corrected chi connectivity index (χ4v) is 0.179. The van der Waals surface area contributed by atoms with Gasteiger partial charge in [0.2, 0.25) is 0 Å². The summed E-state index contributed by atoms with van der Waals surface area (Å²) < 4.78 is 0. The summed E-state index contributed by atoms with van der Waals surface area (Å²) in [4.78, 5) is 10.2. The van der Waals surface area contributed by atoms with Crippen molar-refractivity contribution in [2.24, 2.45) is 5.73 Å². The number of aliphatic hydroxyl groups is 1. The predicted octanol–water partition coefficient (Wildman–Crippen LogP) is -0.409. The number of halogens is 1. The summed E-state index contributed by atoms with van der Waals surface area (Å²) >= 11 is 0. The molecule has 0 aliphatic carbocycles. The predicted molar refractivity (Wildman–Crippen MR) is 39.2 cm³/mol. The quantitative estimate of drug-likeness (QED) is 0.525. The Morgan fingerprint density at radius 3 is 2.00 bits per heavy atom. The Bertz CT molecular complexity index is 124. The van der Waals surface area contributed by atoms with Crippen molar-refractivity contribution in [1.29, 1.82) is 0 Å². The van der Waals surface area contributed by atoms with Crippen molar-refractivity contribution in [2.75, 3.05) is 0 Å². The van der Waals surface area contributed by atoms with Crippen LogP contribution in [0.2, 0.25) is 0 Å². The second-order valence-corrected chi connectivity index (χ2v) is 2.26. The van der Waals surface area contributed by atoms with Gasteiger partial charge in [0.15, 0.2) is 0 Å². The van der Waals surface area contributed by atoms with Crippen molar-refractivity contribution in [3.05, 3.63) is 0 Å².